The molecule has 4 nitrogen and oxygen atoms in total. The first-order valence-corrected chi connectivity index (χ1v) is 7.64. The number of ether oxygens (including phenoxy) is 1. The third kappa shape index (κ3) is 3.35. The Labute approximate surface area is 131 Å². The molecule has 6 heteroatoms. The minimum absolute atomic E-state index is 0.303. The Morgan fingerprint density at radius 2 is 2.27 bits per heavy atom. The second-order valence-electron chi connectivity index (χ2n) is 4.69. The molecule has 0 radical (unpaired) electrons. The minimum Gasteiger partial charge on any atom is -0.464 e. The third-order valence-electron chi connectivity index (χ3n) is 3.10. The first-order valence-electron chi connectivity index (χ1n) is 6.76. The lowest BCUT2D eigenvalue weighted by Crippen LogP contribution is -2.02. The number of nitrogens with one attached hydrogen (secondary N) is 1. The zero-order chi connectivity index (χ0) is 15.4. The van der Waals surface area contributed by atoms with Gasteiger partial charge in [-0.1, -0.05) is 0 Å². The molecule has 114 valence electrons. The average Bonchev–Trinajstić information content (AvgIpc) is 3.18. The molecule has 3 aromatic rings. The predicted molar refractivity (Wildman–Crippen MR) is 84.3 cm³/mol. The van der Waals surface area contributed by atoms with Gasteiger partial charge in [-0.05, 0) is 30.3 Å². The Kier molecular flexibility index (Phi) is 4.50. The minimum atomic E-state index is -0.303. The number of anilines is 1. The van der Waals surface area contributed by atoms with Crippen molar-refractivity contribution in [2.75, 3.05) is 12.4 Å². The molecule has 1 aromatic carbocycles. The van der Waals surface area contributed by atoms with E-state index in [9.17, 15) is 4.39 Å². The Balaban J connectivity index is 1.72. The highest BCUT2D eigenvalue weighted by Gasteiger charge is 2.08. The van der Waals surface area contributed by atoms with Crippen molar-refractivity contribution in [2.45, 2.75) is 13.2 Å². The van der Waals surface area contributed by atoms with Gasteiger partial charge in [0.05, 0.1) is 30.8 Å². The summed E-state index contributed by atoms with van der Waals surface area (Å²) in [6.07, 6.45) is 1.60. The van der Waals surface area contributed by atoms with Gasteiger partial charge in [0.25, 0.3) is 0 Å². The van der Waals surface area contributed by atoms with Gasteiger partial charge in [0, 0.05) is 18.1 Å². The molecule has 0 bridgehead atoms. The highest BCUT2D eigenvalue weighted by Crippen LogP contribution is 2.25. The molecular weight excluding hydrogens is 303 g/mol. The highest BCUT2D eigenvalue weighted by atomic mass is 32.1. The molecule has 0 aliphatic rings. The van der Waals surface area contributed by atoms with Crippen molar-refractivity contribution in [2.24, 2.45) is 0 Å². The summed E-state index contributed by atoms with van der Waals surface area (Å²) in [5.74, 6) is 0.404. The van der Waals surface area contributed by atoms with Gasteiger partial charge in [0.2, 0.25) is 0 Å². The summed E-state index contributed by atoms with van der Waals surface area (Å²) in [6.45, 7) is 0.950. The smallest absolute Gasteiger partial charge is 0.146 e. The summed E-state index contributed by atoms with van der Waals surface area (Å²) in [4.78, 5) is 4.41. The van der Waals surface area contributed by atoms with E-state index in [0.717, 1.165) is 16.3 Å². The van der Waals surface area contributed by atoms with Gasteiger partial charge in [-0.2, -0.15) is 0 Å². The second-order valence-corrected chi connectivity index (χ2v) is 5.63. The lowest BCUT2D eigenvalue weighted by Gasteiger charge is -2.07. The molecule has 22 heavy (non-hydrogen) atoms. The van der Waals surface area contributed by atoms with Crippen LogP contribution in [0.5, 0.6) is 0 Å². The molecule has 0 aliphatic heterocycles. The lowest BCUT2D eigenvalue weighted by atomic mass is 10.1. The number of hydrogen-bond donors (Lipinski definition) is 1. The monoisotopic (exact) mass is 318 g/mol. The number of aromatic nitrogens is 1. The Hall–Kier alpha value is -2.18. The van der Waals surface area contributed by atoms with Crippen molar-refractivity contribution in [3.8, 4) is 11.3 Å². The number of hydrogen-bond acceptors (Lipinski definition) is 5. The number of benzene rings is 1. The van der Waals surface area contributed by atoms with E-state index in [4.69, 9.17) is 9.15 Å². The topological polar surface area (TPSA) is 47.3 Å². The molecule has 0 saturated carbocycles. The molecule has 0 spiro atoms. The summed E-state index contributed by atoms with van der Waals surface area (Å²) < 4.78 is 24.3. The van der Waals surface area contributed by atoms with E-state index in [1.165, 1.54) is 17.4 Å². The predicted octanol–water partition coefficient (Wildman–Crippen LogP) is 4.30. The molecule has 1 N–H and O–H groups in total. The van der Waals surface area contributed by atoms with E-state index < -0.39 is 0 Å². The number of thiazole rings is 1. The molecule has 0 unspecified atom stereocenters. The lowest BCUT2D eigenvalue weighted by molar-refractivity contribution is 0.184. The molecule has 0 fully saturated rings. The van der Waals surface area contributed by atoms with E-state index in [2.05, 4.69) is 10.3 Å². The Morgan fingerprint density at radius 1 is 1.36 bits per heavy atom. The van der Waals surface area contributed by atoms with Gasteiger partial charge in [-0.15, -0.1) is 11.3 Å². The van der Waals surface area contributed by atoms with Crippen molar-refractivity contribution in [3.05, 3.63) is 58.5 Å². The van der Waals surface area contributed by atoms with E-state index >= 15 is 0 Å². The maximum atomic E-state index is 13.9. The maximum absolute atomic E-state index is 13.9. The molecule has 0 amide bonds. The molecule has 0 atom stereocenters. The standard InChI is InChI=1S/C16H15FN2O2S/c1-20-9-16-19-12(10-22-16)8-18-14-7-11(4-5-13(14)17)15-3-2-6-21-15/h2-7,10,18H,8-9H2,1H3. The number of furan rings is 1. The van der Waals surface area contributed by atoms with Gasteiger partial charge in [0.1, 0.15) is 16.6 Å². The Morgan fingerprint density at radius 3 is 3.05 bits per heavy atom. The zero-order valence-corrected chi connectivity index (χ0v) is 12.8. The van der Waals surface area contributed by atoms with E-state index in [0.29, 0.717) is 24.6 Å². The maximum Gasteiger partial charge on any atom is 0.146 e. The fraction of sp³-hybridized carbons (Fsp3) is 0.188. The summed E-state index contributed by atoms with van der Waals surface area (Å²) in [5.41, 5.74) is 2.11. The number of nitrogens with zero attached hydrogens (tertiary/aromatic N) is 1. The summed E-state index contributed by atoms with van der Waals surface area (Å²) in [5, 5.41) is 5.92. The van der Waals surface area contributed by atoms with Crippen LogP contribution < -0.4 is 5.32 Å². The average molecular weight is 318 g/mol. The van der Waals surface area contributed by atoms with Crippen molar-refractivity contribution in [3.63, 3.8) is 0 Å². The van der Waals surface area contributed by atoms with Gasteiger partial charge in [-0.25, -0.2) is 9.37 Å². The molecule has 3 rings (SSSR count). The molecule has 0 saturated heterocycles. The van der Waals surface area contributed by atoms with Crippen LogP contribution in [0.25, 0.3) is 11.3 Å². The molecular formula is C16H15FN2O2S. The van der Waals surface area contributed by atoms with Crippen LogP contribution in [0.15, 0.2) is 46.4 Å². The summed E-state index contributed by atoms with van der Waals surface area (Å²) in [7, 11) is 1.63. The van der Waals surface area contributed by atoms with Crippen LogP contribution in [0.3, 0.4) is 0 Å². The van der Waals surface area contributed by atoms with Crippen molar-refractivity contribution >= 4 is 17.0 Å². The zero-order valence-electron chi connectivity index (χ0n) is 12.0. The quantitative estimate of drug-likeness (QED) is 0.736. The first kappa shape index (κ1) is 14.7. The van der Waals surface area contributed by atoms with Gasteiger partial charge < -0.3 is 14.5 Å². The van der Waals surface area contributed by atoms with E-state index in [-0.39, 0.29) is 5.82 Å². The fourth-order valence-electron chi connectivity index (χ4n) is 2.06. The van der Waals surface area contributed by atoms with Crippen molar-refractivity contribution in [1.29, 1.82) is 0 Å². The SMILES string of the molecule is COCc1nc(CNc2cc(-c3ccco3)ccc2F)cs1. The molecule has 2 aromatic heterocycles. The Bertz CT molecular complexity index is 740. The molecule has 0 aliphatic carbocycles. The summed E-state index contributed by atoms with van der Waals surface area (Å²) >= 11 is 1.53. The summed E-state index contributed by atoms with van der Waals surface area (Å²) in [6, 6.07) is 8.50. The van der Waals surface area contributed by atoms with Gasteiger partial charge in [-0.3, -0.25) is 0 Å². The normalized spacial score (nSPS) is 10.8. The van der Waals surface area contributed by atoms with Crippen LogP contribution in [0, 0.1) is 5.82 Å². The first-order chi connectivity index (χ1) is 10.8. The van der Waals surface area contributed by atoms with Crippen LogP contribution >= 0.6 is 11.3 Å². The number of rotatable bonds is 6. The van der Waals surface area contributed by atoms with Crippen molar-refractivity contribution in [1.82, 2.24) is 4.98 Å². The van der Waals surface area contributed by atoms with Crippen LogP contribution in [0.2, 0.25) is 0 Å². The van der Waals surface area contributed by atoms with Crippen LogP contribution in [-0.4, -0.2) is 12.1 Å². The van der Waals surface area contributed by atoms with E-state index in [1.807, 2.05) is 11.4 Å². The van der Waals surface area contributed by atoms with Crippen LogP contribution in [0.4, 0.5) is 10.1 Å². The van der Waals surface area contributed by atoms with E-state index in [1.54, 1.807) is 31.6 Å². The number of halogens is 1. The largest absolute Gasteiger partial charge is 0.464 e. The molecule has 2 heterocycles. The fourth-order valence-corrected chi connectivity index (χ4v) is 2.83. The van der Waals surface area contributed by atoms with Crippen molar-refractivity contribution < 1.29 is 13.5 Å². The highest BCUT2D eigenvalue weighted by molar-refractivity contribution is 7.09. The number of methoxy groups -OCH3 is 1. The van der Waals surface area contributed by atoms with Gasteiger partial charge in [0.15, 0.2) is 0 Å². The second kappa shape index (κ2) is 6.72. The van der Waals surface area contributed by atoms with Crippen LogP contribution in [-0.2, 0) is 17.9 Å². The van der Waals surface area contributed by atoms with Crippen LogP contribution in [0.1, 0.15) is 10.7 Å². The van der Waals surface area contributed by atoms with Gasteiger partial charge >= 0.3 is 0 Å². The third-order valence-corrected chi connectivity index (χ3v) is 3.97.